The Morgan fingerprint density at radius 3 is 2.40 bits per heavy atom. The van der Waals surface area contributed by atoms with E-state index in [0.29, 0.717) is 5.82 Å². The van der Waals surface area contributed by atoms with Crippen LogP contribution in [0.3, 0.4) is 0 Å². The fourth-order valence-corrected chi connectivity index (χ4v) is 2.69. The van der Waals surface area contributed by atoms with E-state index in [1.165, 1.54) is 0 Å². The summed E-state index contributed by atoms with van der Waals surface area (Å²) in [7, 11) is 0. The van der Waals surface area contributed by atoms with Crippen molar-refractivity contribution in [3.8, 4) is 11.1 Å². The van der Waals surface area contributed by atoms with E-state index < -0.39 is 0 Å². The molecule has 2 N–H and O–H groups in total. The smallest absolute Gasteiger partial charge is 0.138 e. The summed E-state index contributed by atoms with van der Waals surface area (Å²) in [6.07, 6.45) is 1.71. The molecule has 2 nitrogen and oxygen atoms in total. The van der Waals surface area contributed by atoms with Crippen molar-refractivity contribution in [1.82, 2.24) is 4.98 Å². The van der Waals surface area contributed by atoms with Gasteiger partial charge in [0.15, 0.2) is 0 Å². The summed E-state index contributed by atoms with van der Waals surface area (Å²) >= 11 is 6.92. The van der Waals surface area contributed by atoms with E-state index >= 15 is 0 Å². The van der Waals surface area contributed by atoms with Gasteiger partial charge >= 0.3 is 0 Å². The second kappa shape index (κ2) is 4.33. The van der Waals surface area contributed by atoms with Crippen LogP contribution in [0.15, 0.2) is 45.5 Å². The Morgan fingerprint density at radius 1 is 1.07 bits per heavy atom. The molecule has 0 bridgehead atoms. The third kappa shape index (κ3) is 2.06. The van der Waals surface area contributed by atoms with Crippen LogP contribution in [0.2, 0.25) is 0 Å². The molecule has 0 amide bonds. The lowest BCUT2D eigenvalue weighted by molar-refractivity contribution is 1.30. The van der Waals surface area contributed by atoms with Crippen molar-refractivity contribution >= 4 is 37.7 Å². The third-order valence-corrected chi connectivity index (χ3v) is 3.47. The fourth-order valence-electron chi connectivity index (χ4n) is 1.35. The molecule has 1 aromatic carbocycles. The predicted molar refractivity (Wildman–Crippen MR) is 69.5 cm³/mol. The van der Waals surface area contributed by atoms with Crippen LogP contribution in [0.1, 0.15) is 0 Å². The molecule has 15 heavy (non-hydrogen) atoms. The van der Waals surface area contributed by atoms with Gasteiger partial charge in [0.2, 0.25) is 0 Å². The molecule has 0 aliphatic heterocycles. The highest BCUT2D eigenvalue weighted by Gasteiger charge is 2.10. The highest BCUT2D eigenvalue weighted by atomic mass is 79.9. The largest absolute Gasteiger partial charge is 0.383 e. The van der Waals surface area contributed by atoms with Crippen LogP contribution in [0.4, 0.5) is 5.82 Å². The van der Waals surface area contributed by atoms with Crippen molar-refractivity contribution < 1.29 is 0 Å². The number of nitrogens with zero attached hydrogens (tertiary/aromatic N) is 1. The first-order valence-electron chi connectivity index (χ1n) is 4.35. The minimum atomic E-state index is 0.497. The number of benzene rings is 1. The average molecular weight is 328 g/mol. The fraction of sp³-hybridized carbons (Fsp3) is 0. The standard InChI is InChI=1S/C11H8Br2N2/c12-8-6-15-11(14)10(13)9(8)7-4-2-1-3-5-7/h1-6H,(H2,14,15). The van der Waals surface area contributed by atoms with Crippen LogP contribution in [0.5, 0.6) is 0 Å². The molecule has 2 rings (SSSR count). The van der Waals surface area contributed by atoms with Gasteiger partial charge in [-0.25, -0.2) is 4.98 Å². The van der Waals surface area contributed by atoms with E-state index in [0.717, 1.165) is 20.1 Å². The van der Waals surface area contributed by atoms with E-state index in [1.807, 2.05) is 30.3 Å². The minimum absolute atomic E-state index is 0.497. The number of nitrogens with two attached hydrogens (primary N) is 1. The monoisotopic (exact) mass is 326 g/mol. The second-order valence-electron chi connectivity index (χ2n) is 3.05. The Morgan fingerprint density at radius 2 is 1.73 bits per heavy atom. The minimum Gasteiger partial charge on any atom is -0.383 e. The van der Waals surface area contributed by atoms with Crippen molar-refractivity contribution in [3.05, 3.63) is 45.5 Å². The van der Waals surface area contributed by atoms with Gasteiger partial charge < -0.3 is 5.73 Å². The average Bonchev–Trinajstić information content (AvgIpc) is 2.26. The van der Waals surface area contributed by atoms with Crippen molar-refractivity contribution in [3.63, 3.8) is 0 Å². The van der Waals surface area contributed by atoms with Gasteiger partial charge in [-0.05, 0) is 37.4 Å². The molecular formula is C11H8Br2N2. The van der Waals surface area contributed by atoms with Crippen LogP contribution in [0, 0.1) is 0 Å². The highest BCUT2D eigenvalue weighted by Crippen LogP contribution is 2.36. The van der Waals surface area contributed by atoms with Gasteiger partial charge in [-0.1, -0.05) is 30.3 Å². The van der Waals surface area contributed by atoms with Crippen LogP contribution >= 0.6 is 31.9 Å². The van der Waals surface area contributed by atoms with Crippen LogP contribution < -0.4 is 5.73 Å². The summed E-state index contributed by atoms with van der Waals surface area (Å²) in [5.74, 6) is 0.497. The van der Waals surface area contributed by atoms with Crippen molar-refractivity contribution in [2.45, 2.75) is 0 Å². The maximum atomic E-state index is 5.75. The first-order valence-corrected chi connectivity index (χ1v) is 5.93. The number of hydrogen-bond donors (Lipinski definition) is 1. The molecule has 1 heterocycles. The maximum absolute atomic E-state index is 5.75. The predicted octanol–water partition coefficient (Wildman–Crippen LogP) is 3.86. The lowest BCUT2D eigenvalue weighted by Crippen LogP contribution is -1.94. The molecule has 0 aliphatic rings. The van der Waals surface area contributed by atoms with Crippen LogP contribution in [-0.4, -0.2) is 4.98 Å². The molecule has 0 radical (unpaired) electrons. The molecule has 1 aromatic heterocycles. The number of anilines is 1. The van der Waals surface area contributed by atoms with Gasteiger partial charge in [-0.15, -0.1) is 0 Å². The Bertz CT molecular complexity index is 483. The Labute approximate surface area is 105 Å². The Hall–Kier alpha value is -0.870. The van der Waals surface area contributed by atoms with Gasteiger partial charge in [-0.3, -0.25) is 0 Å². The molecule has 0 fully saturated rings. The zero-order valence-electron chi connectivity index (χ0n) is 7.74. The van der Waals surface area contributed by atoms with Gasteiger partial charge in [0.1, 0.15) is 5.82 Å². The van der Waals surface area contributed by atoms with E-state index in [4.69, 9.17) is 5.73 Å². The molecule has 76 valence electrons. The quantitative estimate of drug-likeness (QED) is 0.863. The van der Waals surface area contributed by atoms with Crippen molar-refractivity contribution in [2.24, 2.45) is 0 Å². The molecule has 0 unspecified atom stereocenters. The molecular weight excluding hydrogens is 320 g/mol. The molecule has 0 aliphatic carbocycles. The molecule has 0 spiro atoms. The molecule has 2 aromatic rings. The zero-order chi connectivity index (χ0) is 10.8. The van der Waals surface area contributed by atoms with E-state index in [9.17, 15) is 0 Å². The van der Waals surface area contributed by atoms with E-state index in [2.05, 4.69) is 36.8 Å². The molecule has 4 heteroatoms. The summed E-state index contributed by atoms with van der Waals surface area (Å²) in [6.45, 7) is 0. The number of pyridine rings is 1. The topological polar surface area (TPSA) is 38.9 Å². The Balaban J connectivity index is 2.68. The zero-order valence-corrected chi connectivity index (χ0v) is 10.9. The number of rotatable bonds is 1. The summed E-state index contributed by atoms with van der Waals surface area (Å²) in [4.78, 5) is 4.05. The van der Waals surface area contributed by atoms with Gasteiger partial charge in [0, 0.05) is 16.2 Å². The maximum Gasteiger partial charge on any atom is 0.138 e. The number of hydrogen-bond acceptors (Lipinski definition) is 2. The van der Waals surface area contributed by atoms with Gasteiger partial charge in [0.05, 0.1) is 4.47 Å². The molecule has 0 saturated carbocycles. The summed E-state index contributed by atoms with van der Waals surface area (Å²) < 4.78 is 1.75. The van der Waals surface area contributed by atoms with E-state index in [1.54, 1.807) is 6.20 Å². The van der Waals surface area contributed by atoms with Gasteiger partial charge in [-0.2, -0.15) is 0 Å². The van der Waals surface area contributed by atoms with Crippen LogP contribution in [-0.2, 0) is 0 Å². The van der Waals surface area contributed by atoms with Crippen LogP contribution in [0.25, 0.3) is 11.1 Å². The number of nitrogen functional groups attached to an aromatic ring is 1. The molecule has 0 atom stereocenters. The summed E-state index contributed by atoms with van der Waals surface area (Å²) in [6, 6.07) is 10.0. The summed E-state index contributed by atoms with van der Waals surface area (Å²) in [5, 5.41) is 0. The lowest BCUT2D eigenvalue weighted by atomic mass is 10.1. The Kier molecular flexibility index (Phi) is 3.07. The SMILES string of the molecule is Nc1ncc(Br)c(-c2ccccc2)c1Br. The van der Waals surface area contributed by atoms with E-state index in [-0.39, 0.29) is 0 Å². The first-order chi connectivity index (χ1) is 7.20. The lowest BCUT2D eigenvalue weighted by Gasteiger charge is -2.08. The third-order valence-electron chi connectivity index (χ3n) is 2.06. The van der Waals surface area contributed by atoms with Crippen molar-refractivity contribution in [2.75, 3.05) is 5.73 Å². The normalized spacial score (nSPS) is 10.3. The first kappa shape index (κ1) is 10.6. The number of halogens is 2. The summed E-state index contributed by atoms with van der Waals surface area (Å²) in [5.41, 5.74) is 7.88. The molecule has 0 saturated heterocycles. The van der Waals surface area contributed by atoms with Crippen molar-refractivity contribution in [1.29, 1.82) is 0 Å². The second-order valence-corrected chi connectivity index (χ2v) is 4.69. The van der Waals surface area contributed by atoms with Gasteiger partial charge in [0.25, 0.3) is 0 Å². The highest BCUT2D eigenvalue weighted by molar-refractivity contribution is 9.11. The number of aromatic nitrogens is 1.